The van der Waals surface area contributed by atoms with Gasteiger partial charge in [-0.25, -0.2) is 0 Å². The van der Waals surface area contributed by atoms with Crippen LogP contribution in [0.25, 0.3) is 0 Å². The van der Waals surface area contributed by atoms with Gasteiger partial charge in [-0.1, -0.05) is 6.07 Å². The minimum atomic E-state index is -4.41. The number of benzene rings is 1. The third-order valence-corrected chi connectivity index (χ3v) is 4.34. The number of aryl methyl sites for hydroxylation is 1. The number of carbonyl (C=O) groups excluding carboxylic acids is 1. The molecule has 0 aliphatic heterocycles. The van der Waals surface area contributed by atoms with E-state index < -0.39 is 11.7 Å². The van der Waals surface area contributed by atoms with Gasteiger partial charge in [0.15, 0.2) is 0 Å². The fraction of sp³-hybridized carbons (Fsp3) is 0.500. The molecule has 0 saturated heterocycles. The van der Waals surface area contributed by atoms with Crippen molar-refractivity contribution in [3.8, 4) is 0 Å². The Morgan fingerprint density at radius 2 is 2.05 bits per heavy atom. The highest BCUT2D eigenvalue weighted by Gasteiger charge is 2.43. The molecule has 2 rings (SSSR count). The van der Waals surface area contributed by atoms with E-state index in [1.807, 2.05) is 0 Å². The van der Waals surface area contributed by atoms with E-state index in [0.29, 0.717) is 17.7 Å². The zero-order valence-electron chi connectivity index (χ0n) is 11.0. The van der Waals surface area contributed by atoms with Gasteiger partial charge in [0, 0.05) is 12.1 Å². The molecule has 0 radical (unpaired) electrons. The van der Waals surface area contributed by atoms with Crippen LogP contribution < -0.4 is 5.32 Å². The SMILES string of the molecule is Cc1ccc(C(F)(F)F)cc1NC(=O)CC1(CS)CC1. The zero-order chi connectivity index (χ0) is 15.0. The molecule has 1 aromatic carbocycles. The fourth-order valence-corrected chi connectivity index (χ4v) is 2.46. The maximum Gasteiger partial charge on any atom is 0.416 e. The normalized spacial score (nSPS) is 16.9. The molecule has 1 saturated carbocycles. The average Bonchev–Trinajstić information content (AvgIpc) is 3.11. The Labute approximate surface area is 121 Å². The van der Waals surface area contributed by atoms with Gasteiger partial charge in [-0.05, 0) is 48.6 Å². The molecule has 0 spiro atoms. The first-order valence-corrected chi connectivity index (χ1v) is 6.98. The molecule has 1 amide bonds. The topological polar surface area (TPSA) is 29.1 Å². The molecule has 1 aromatic rings. The highest BCUT2D eigenvalue weighted by molar-refractivity contribution is 7.80. The molecule has 1 N–H and O–H groups in total. The van der Waals surface area contributed by atoms with E-state index in [2.05, 4.69) is 17.9 Å². The number of amides is 1. The predicted molar refractivity (Wildman–Crippen MR) is 74.9 cm³/mol. The molecule has 20 heavy (non-hydrogen) atoms. The summed E-state index contributed by atoms with van der Waals surface area (Å²) in [6, 6.07) is 3.36. The Morgan fingerprint density at radius 3 is 2.55 bits per heavy atom. The maximum absolute atomic E-state index is 12.6. The number of anilines is 1. The minimum absolute atomic E-state index is 0.0528. The second-order valence-electron chi connectivity index (χ2n) is 5.41. The van der Waals surface area contributed by atoms with Gasteiger partial charge in [-0.2, -0.15) is 25.8 Å². The molecule has 0 unspecified atom stereocenters. The van der Waals surface area contributed by atoms with Crippen molar-refractivity contribution in [2.75, 3.05) is 11.1 Å². The smallest absolute Gasteiger partial charge is 0.326 e. The molecular weight excluding hydrogens is 287 g/mol. The van der Waals surface area contributed by atoms with Crippen molar-refractivity contribution in [3.05, 3.63) is 29.3 Å². The quantitative estimate of drug-likeness (QED) is 0.807. The Balaban J connectivity index is 2.10. The summed E-state index contributed by atoms with van der Waals surface area (Å²) in [5.74, 6) is 0.376. The van der Waals surface area contributed by atoms with Crippen molar-refractivity contribution in [1.29, 1.82) is 0 Å². The van der Waals surface area contributed by atoms with Gasteiger partial charge in [-0.15, -0.1) is 0 Å². The van der Waals surface area contributed by atoms with Crippen molar-refractivity contribution in [2.24, 2.45) is 5.41 Å². The summed E-state index contributed by atoms with van der Waals surface area (Å²) in [6.07, 6.45) is -2.20. The first-order chi connectivity index (χ1) is 9.26. The molecule has 6 heteroatoms. The van der Waals surface area contributed by atoms with Gasteiger partial charge in [0.1, 0.15) is 0 Å². The number of nitrogens with one attached hydrogen (secondary N) is 1. The van der Waals surface area contributed by atoms with Crippen LogP contribution in [0.4, 0.5) is 18.9 Å². The lowest BCUT2D eigenvalue weighted by molar-refractivity contribution is -0.137. The molecule has 0 aromatic heterocycles. The average molecular weight is 303 g/mol. The summed E-state index contributed by atoms with van der Waals surface area (Å²) in [5, 5.41) is 2.58. The number of alkyl halides is 3. The van der Waals surface area contributed by atoms with Crippen molar-refractivity contribution >= 4 is 24.2 Å². The molecule has 2 nitrogen and oxygen atoms in total. The second kappa shape index (κ2) is 5.31. The number of thiol groups is 1. The number of hydrogen-bond donors (Lipinski definition) is 2. The first-order valence-electron chi connectivity index (χ1n) is 6.34. The largest absolute Gasteiger partial charge is 0.416 e. The third kappa shape index (κ3) is 3.48. The Hall–Kier alpha value is -1.17. The van der Waals surface area contributed by atoms with Crippen LogP contribution in [0.2, 0.25) is 0 Å². The summed E-state index contributed by atoms with van der Waals surface area (Å²) in [4.78, 5) is 11.9. The number of hydrogen-bond acceptors (Lipinski definition) is 2. The van der Waals surface area contributed by atoms with E-state index in [-0.39, 0.29) is 17.0 Å². The number of halogens is 3. The lowest BCUT2D eigenvalue weighted by Crippen LogP contribution is -2.19. The van der Waals surface area contributed by atoms with Gasteiger partial charge >= 0.3 is 6.18 Å². The van der Waals surface area contributed by atoms with E-state index in [4.69, 9.17) is 0 Å². The summed E-state index contributed by atoms with van der Waals surface area (Å²) >= 11 is 4.21. The van der Waals surface area contributed by atoms with Gasteiger partial charge < -0.3 is 5.32 Å². The summed E-state index contributed by atoms with van der Waals surface area (Å²) in [5.41, 5.74) is 0.0264. The first kappa shape index (κ1) is 15.2. The molecule has 1 aliphatic rings. The summed E-state index contributed by atoms with van der Waals surface area (Å²) in [6.45, 7) is 1.67. The van der Waals surface area contributed by atoms with E-state index in [9.17, 15) is 18.0 Å². The van der Waals surface area contributed by atoms with Crippen LogP contribution in [0.3, 0.4) is 0 Å². The molecule has 0 bridgehead atoms. The van der Waals surface area contributed by atoms with Gasteiger partial charge in [0.2, 0.25) is 5.91 Å². The Kier molecular flexibility index (Phi) is 4.04. The Bertz CT molecular complexity index is 524. The van der Waals surface area contributed by atoms with Crippen LogP contribution >= 0.6 is 12.6 Å². The number of rotatable bonds is 4. The van der Waals surface area contributed by atoms with Crippen molar-refractivity contribution < 1.29 is 18.0 Å². The molecular formula is C14H16F3NOS. The highest BCUT2D eigenvalue weighted by atomic mass is 32.1. The van der Waals surface area contributed by atoms with Crippen LogP contribution in [0, 0.1) is 12.3 Å². The minimum Gasteiger partial charge on any atom is -0.326 e. The summed E-state index contributed by atoms with van der Waals surface area (Å²) < 4.78 is 37.9. The maximum atomic E-state index is 12.6. The van der Waals surface area contributed by atoms with Crippen LogP contribution in [0.1, 0.15) is 30.4 Å². The van der Waals surface area contributed by atoms with Crippen LogP contribution in [0.5, 0.6) is 0 Å². The predicted octanol–water partition coefficient (Wildman–Crippen LogP) is 4.05. The van der Waals surface area contributed by atoms with Crippen LogP contribution in [-0.4, -0.2) is 11.7 Å². The van der Waals surface area contributed by atoms with Crippen molar-refractivity contribution in [2.45, 2.75) is 32.4 Å². The van der Waals surface area contributed by atoms with Crippen LogP contribution in [0.15, 0.2) is 18.2 Å². The molecule has 0 heterocycles. The lowest BCUT2D eigenvalue weighted by atomic mass is 10.0. The third-order valence-electron chi connectivity index (χ3n) is 3.67. The van der Waals surface area contributed by atoms with Gasteiger partial charge in [-0.3, -0.25) is 4.79 Å². The van der Waals surface area contributed by atoms with Crippen molar-refractivity contribution in [3.63, 3.8) is 0 Å². The van der Waals surface area contributed by atoms with E-state index >= 15 is 0 Å². The van der Waals surface area contributed by atoms with E-state index in [1.165, 1.54) is 6.07 Å². The highest BCUT2D eigenvalue weighted by Crippen LogP contribution is 2.49. The molecule has 1 aliphatic carbocycles. The molecule has 110 valence electrons. The second-order valence-corrected chi connectivity index (χ2v) is 5.73. The lowest BCUT2D eigenvalue weighted by Gasteiger charge is -2.15. The molecule has 0 atom stereocenters. The van der Waals surface area contributed by atoms with Crippen molar-refractivity contribution in [1.82, 2.24) is 0 Å². The zero-order valence-corrected chi connectivity index (χ0v) is 11.9. The Morgan fingerprint density at radius 1 is 1.40 bits per heavy atom. The fourth-order valence-electron chi connectivity index (χ4n) is 2.04. The van der Waals surface area contributed by atoms with Gasteiger partial charge in [0.05, 0.1) is 5.56 Å². The standard InChI is InChI=1S/C14H16F3NOS/c1-9-2-3-10(14(15,16)17)6-11(9)18-12(19)7-13(8-20)4-5-13/h2-3,6,20H,4-5,7-8H2,1H3,(H,18,19). The van der Waals surface area contributed by atoms with E-state index in [0.717, 1.165) is 25.0 Å². The molecule has 1 fully saturated rings. The van der Waals surface area contributed by atoms with Crippen LogP contribution in [-0.2, 0) is 11.0 Å². The monoisotopic (exact) mass is 303 g/mol. The van der Waals surface area contributed by atoms with Gasteiger partial charge in [0.25, 0.3) is 0 Å². The van der Waals surface area contributed by atoms with E-state index in [1.54, 1.807) is 6.92 Å². The summed E-state index contributed by atoms with van der Waals surface area (Å²) in [7, 11) is 0. The number of carbonyl (C=O) groups is 1.